The van der Waals surface area contributed by atoms with Crippen molar-refractivity contribution in [3.8, 4) is 5.75 Å². The van der Waals surface area contributed by atoms with Crippen molar-refractivity contribution in [1.82, 2.24) is 0 Å². The average molecular weight is 354 g/mol. The Kier molecular flexibility index (Phi) is 4.76. The van der Waals surface area contributed by atoms with Gasteiger partial charge in [0.05, 0.1) is 13.2 Å². The van der Waals surface area contributed by atoms with E-state index in [1.165, 1.54) is 0 Å². The molecule has 5 nitrogen and oxygen atoms in total. The van der Waals surface area contributed by atoms with Crippen molar-refractivity contribution in [2.24, 2.45) is 0 Å². The SMILES string of the molecule is CO[C@@H]1CO[C@H]2[C@@H]1OC[C@@H]2Oc1ccc(C(=O)c2ccc(C)cc2)cc1. The van der Waals surface area contributed by atoms with Crippen molar-refractivity contribution >= 4 is 5.78 Å². The first-order valence-corrected chi connectivity index (χ1v) is 8.80. The van der Waals surface area contributed by atoms with Crippen molar-refractivity contribution in [2.45, 2.75) is 31.3 Å². The fourth-order valence-electron chi connectivity index (χ4n) is 3.46. The molecule has 2 fully saturated rings. The maximum absolute atomic E-state index is 12.5. The van der Waals surface area contributed by atoms with E-state index >= 15 is 0 Å². The molecule has 0 spiro atoms. The molecular formula is C21H22O5. The number of aryl methyl sites for hydroxylation is 1. The Balaban J connectivity index is 1.42. The Hall–Kier alpha value is -2.21. The standard InChI is InChI=1S/C21H22O5/c1-13-3-5-14(6-4-13)19(22)15-7-9-16(10-8-15)26-18-12-25-20-17(23-2)11-24-21(18)20/h3-10,17-18,20-21H,11-12H2,1-2H3/t17-,18+,20-,21-/m1/s1. The van der Waals surface area contributed by atoms with Gasteiger partial charge in [-0.05, 0) is 31.2 Å². The highest BCUT2D eigenvalue weighted by atomic mass is 16.6. The largest absolute Gasteiger partial charge is 0.485 e. The number of carbonyl (C=O) groups excluding carboxylic acids is 1. The first kappa shape index (κ1) is 17.2. The molecule has 2 saturated heterocycles. The predicted molar refractivity (Wildman–Crippen MR) is 95.7 cm³/mol. The summed E-state index contributed by atoms with van der Waals surface area (Å²) < 4.78 is 22.9. The number of ether oxygens (including phenoxy) is 4. The van der Waals surface area contributed by atoms with Gasteiger partial charge in [0, 0.05) is 18.2 Å². The zero-order chi connectivity index (χ0) is 18.1. The van der Waals surface area contributed by atoms with Crippen molar-refractivity contribution < 1.29 is 23.7 Å². The molecule has 0 amide bonds. The van der Waals surface area contributed by atoms with Crippen LogP contribution in [0.4, 0.5) is 0 Å². The molecule has 0 aliphatic carbocycles. The Bertz CT molecular complexity index is 768. The van der Waals surface area contributed by atoms with Gasteiger partial charge in [-0.15, -0.1) is 0 Å². The molecule has 0 N–H and O–H groups in total. The summed E-state index contributed by atoms with van der Waals surface area (Å²) in [6.45, 7) is 3.00. The van der Waals surface area contributed by atoms with Crippen molar-refractivity contribution in [1.29, 1.82) is 0 Å². The molecule has 4 atom stereocenters. The molecule has 2 aromatic carbocycles. The van der Waals surface area contributed by atoms with Crippen LogP contribution in [0.25, 0.3) is 0 Å². The van der Waals surface area contributed by atoms with Gasteiger partial charge in [0.25, 0.3) is 0 Å². The second-order valence-electron chi connectivity index (χ2n) is 6.75. The predicted octanol–water partition coefficient (Wildman–Crippen LogP) is 2.79. The van der Waals surface area contributed by atoms with Crippen LogP contribution in [0.3, 0.4) is 0 Å². The van der Waals surface area contributed by atoms with Crippen LogP contribution in [0, 0.1) is 6.92 Å². The number of hydrogen-bond acceptors (Lipinski definition) is 5. The van der Waals surface area contributed by atoms with E-state index in [1.54, 1.807) is 19.2 Å². The number of carbonyl (C=O) groups is 1. The van der Waals surface area contributed by atoms with Crippen molar-refractivity contribution in [2.75, 3.05) is 20.3 Å². The monoisotopic (exact) mass is 354 g/mol. The van der Waals surface area contributed by atoms with Gasteiger partial charge in [-0.1, -0.05) is 29.8 Å². The third-order valence-corrected chi connectivity index (χ3v) is 4.98. The molecule has 0 saturated carbocycles. The molecule has 136 valence electrons. The van der Waals surface area contributed by atoms with Crippen LogP contribution in [0.15, 0.2) is 48.5 Å². The molecule has 2 aromatic rings. The van der Waals surface area contributed by atoms with Gasteiger partial charge < -0.3 is 18.9 Å². The topological polar surface area (TPSA) is 54.0 Å². The van der Waals surface area contributed by atoms with E-state index in [0.29, 0.717) is 30.1 Å². The lowest BCUT2D eigenvalue weighted by Gasteiger charge is -2.18. The summed E-state index contributed by atoms with van der Waals surface area (Å²) in [5.74, 6) is 0.701. The van der Waals surface area contributed by atoms with Crippen LogP contribution in [0.1, 0.15) is 21.5 Å². The van der Waals surface area contributed by atoms with E-state index in [0.717, 1.165) is 5.56 Å². The Morgan fingerprint density at radius 2 is 1.42 bits per heavy atom. The number of fused-ring (bicyclic) bond motifs is 1. The molecule has 26 heavy (non-hydrogen) atoms. The Morgan fingerprint density at radius 3 is 2.04 bits per heavy atom. The molecule has 0 aromatic heterocycles. The van der Waals surface area contributed by atoms with Gasteiger partial charge >= 0.3 is 0 Å². The third-order valence-electron chi connectivity index (χ3n) is 4.98. The number of ketones is 1. The van der Waals surface area contributed by atoms with Crippen molar-refractivity contribution in [3.63, 3.8) is 0 Å². The van der Waals surface area contributed by atoms with Crippen LogP contribution >= 0.6 is 0 Å². The molecule has 0 bridgehead atoms. The van der Waals surface area contributed by atoms with Gasteiger partial charge in [0.2, 0.25) is 0 Å². The molecule has 5 heteroatoms. The maximum atomic E-state index is 12.5. The molecular weight excluding hydrogens is 332 g/mol. The molecule has 2 aliphatic rings. The van der Waals surface area contributed by atoms with E-state index < -0.39 is 0 Å². The van der Waals surface area contributed by atoms with Crippen molar-refractivity contribution in [3.05, 3.63) is 65.2 Å². The minimum atomic E-state index is -0.168. The number of rotatable bonds is 5. The normalized spacial score (nSPS) is 27.3. The zero-order valence-electron chi connectivity index (χ0n) is 14.9. The summed E-state index contributed by atoms with van der Waals surface area (Å²) >= 11 is 0. The fourth-order valence-corrected chi connectivity index (χ4v) is 3.46. The van der Waals surface area contributed by atoms with E-state index in [9.17, 15) is 4.79 Å². The summed E-state index contributed by atoms with van der Waals surface area (Å²) in [6, 6.07) is 14.8. The molecule has 0 unspecified atom stereocenters. The lowest BCUT2D eigenvalue weighted by molar-refractivity contribution is -0.0138. The first-order valence-electron chi connectivity index (χ1n) is 8.80. The van der Waals surface area contributed by atoms with Crippen LogP contribution in [0.5, 0.6) is 5.75 Å². The highest BCUT2D eigenvalue weighted by Gasteiger charge is 2.49. The quantitative estimate of drug-likeness (QED) is 0.773. The minimum absolute atomic E-state index is 0.00266. The maximum Gasteiger partial charge on any atom is 0.193 e. The molecule has 2 heterocycles. The molecule has 0 radical (unpaired) electrons. The summed E-state index contributed by atoms with van der Waals surface area (Å²) in [7, 11) is 1.66. The lowest BCUT2D eigenvalue weighted by Crippen LogP contribution is -2.35. The fraction of sp³-hybridized carbons (Fsp3) is 0.381. The summed E-state index contributed by atoms with van der Waals surface area (Å²) in [6.07, 6.45) is -0.400. The van der Waals surface area contributed by atoms with E-state index in [4.69, 9.17) is 18.9 Å². The second-order valence-corrected chi connectivity index (χ2v) is 6.75. The lowest BCUT2D eigenvalue weighted by atomic mass is 10.0. The van der Waals surface area contributed by atoms with E-state index in [2.05, 4.69) is 0 Å². The van der Waals surface area contributed by atoms with Gasteiger partial charge in [-0.3, -0.25) is 4.79 Å². The summed E-state index contributed by atoms with van der Waals surface area (Å²) in [5.41, 5.74) is 2.45. The zero-order valence-corrected chi connectivity index (χ0v) is 14.9. The van der Waals surface area contributed by atoms with Crippen LogP contribution < -0.4 is 4.74 Å². The number of hydrogen-bond donors (Lipinski definition) is 0. The first-order chi connectivity index (χ1) is 12.7. The summed E-state index contributed by atoms with van der Waals surface area (Å²) in [4.78, 5) is 12.5. The third kappa shape index (κ3) is 3.26. The number of methoxy groups -OCH3 is 1. The van der Waals surface area contributed by atoms with E-state index in [1.807, 2.05) is 43.3 Å². The van der Waals surface area contributed by atoms with E-state index in [-0.39, 0.29) is 30.2 Å². The van der Waals surface area contributed by atoms with Crippen LogP contribution in [0.2, 0.25) is 0 Å². The Morgan fingerprint density at radius 1 is 0.885 bits per heavy atom. The van der Waals surface area contributed by atoms with Gasteiger partial charge in [0.1, 0.15) is 24.1 Å². The highest BCUT2D eigenvalue weighted by molar-refractivity contribution is 6.09. The highest BCUT2D eigenvalue weighted by Crippen LogP contribution is 2.31. The van der Waals surface area contributed by atoms with Crippen LogP contribution in [-0.4, -0.2) is 50.5 Å². The second kappa shape index (κ2) is 7.19. The molecule has 4 rings (SSSR count). The van der Waals surface area contributed by atoms with Gasteiger partial charge in [-0.25, -0.2) is 0 Å². The average Bonchev–Trinajstić information content (AvgIpc) is 3.25. The summed E-state index contributed by atoms with van der Waals surface area (Å²) in [5, 5.41) is 0. The smallest absolute Gasteiger partial charge is 0.193 e. The van der Waals surface area contributed by atoms with Gasteiger partial charge in [-0.2, -0.15) is 0 Å². The number of benzene rings is 2. The Labute approximate surface area is 152 Å². The molecule has 2 aliphatic heterocycles. The minimum Gasteiger partial charge on any atom is -0.485 e. The van der Waals surface area contributed by atoms with Crippen LogP contribution in [-0.2, 0) is 14.2 Å². The van der Waals surface area contributed by atoms with Gasteiger partial charge in [0.15, 0.2) is 11.9 Å².